The summed E-state index contributed by atoms with van der Waals surface area (Å²) in [6, 6.07) is 10.5. The molecule has 2 saturated carbocycles. The summed E-state index contributed by atoms with van der Waals surface area (Å²) in [5, 5.41) is 25.0. The number of halogens is 5. The Bertz CT molecular complexity index is 1740. The van der Waals surface area contributed by atoms with Crippen LogP contribution in [-0.2, 0) is 11.0 Å². The van der Waals surface area contributed by atoms with Crippen LogP contribution in [0.4, 0.5) is 33.3 Å². The number of nitrogens with zero attached hydrogens (tertiary/aromatic N) is 5. The zero-order valence-electron chi connectivity index (χ0n) is 23.9. The van der Waals surface area contributed by atoms with Gasteiger partial charge in [0.2, 0.25) is 0 Å². The molecule has 0 spiro atoms. The van der Waals surface area contributed by atoms with Crippen molar-refractivity contribution in [1.29, 1.82) is 5.26 Å². The van der Waals surface area contributed by atoms with Gasteiger partial charge in [-0.05, 0) is 60.9 Å². The fraction of sp³-hybridized carbons (Fsp3) is 0.400. The van der Waals surface area contributed by atoms with Crippen LogP contribution < -0.4 is 10.6 Å². The van der Waals surface area contributed by atoms with Crippen molar-refractivity contribution in [2.24, 2.45) is 5.41 Å². The Kier molecular flexibility index (Phi) is 6.67. The molecule has 2 aromatic heterocycles. The van der Waals surface area contributed by atoms with Gasteiger partial charge in [0.15, 0.2) is 11.4 Å². The number of rotatable bonds is 7. The maximum atomic E-state index is 15.6. The minimum absolute atomic E-state index is 0.0426. The van der Waals surface area contributed by atoms with Crippen molar-refractivity contribution in [2.75, 3.05) is 10.6 Å². The topological polar surface area (TPSA) is 91.5 Å². The van der Waals surface area contributed by atoms with Gasteiger partial charge in [0.1, 0.15) is 30.9 Å². The van der Waals surface area contributed by atoms with E-state index in [-0.39, 0.29) is 46.8 Å². The summed E-state index contributed by atoms with van der Waals surface area (Å²) in [4.78, 5) is 4.21. The number of anilines is 2. The van der Waals surface area contributed by atoms with Crippen LogP contribution in [0.2, 0.25) is 0 Å². The Morgan fingerprint density at radius 3 is 2.42 bits per heavy atom. The van der Waals surface area contributed by atoms with E-state index in [0.717, 1.165) is 23.9 Å². The molecule has 0 radical (unpaired) electrons. The molecule has 2 heterocycles. The summed E-state index contributed by atoms with van der Waals surface area (Å²) in [6.07, 6.45) is 0.750. The third kappa shape index (κ3) is 4.86. The Labute approximate surface area is 245 Å². The Balaban J connectivity index is 1.46. The van der Waals surface area contributed by atoms with Crippen molar-refractivity contribution in [3.8, 4) is 6.07 Å². The fourth-order valence-corrected chi connectivity index (χ4v) is 6.16. The quantitative estimate of drug-likeness (QED) is 0.203. The summed E-state index contributed by atoms with van der Waals surface area (Å²) in [7, 11) is 1.66. The van der Waals surface area contributed by atoms with Crippen molar-refractivity contribution in [3.05, 3.63) is 77.2 Å². The smallest absolute Gasteiger partial charge is 0.380 e. The molecule has 0 bridgehead atoms. The highest BCUT2D eigenvalue weighted by atomic mass is 19.4. The van der Waals surface area contributed by atoms with E-state index in [1.807, 2.05) is 0 Å². The number of hydrogen-bond donors (Lipinski definition) is 2. The van der Waals surface area contributed by atoms with Gasteiger partial charge < -0.3 is 10.6 Å². The lowest BCUT2D eigenvalue weighted by Crippen LogP contribution is -2.38. The van der Waals surface area contributed by atoms with Crippen molar-refractivity contribution in [2.45, 2.75) is 69.1 Å². The molecular formula is C30H29BF5N7. The Morgan fingerprint density at radius 1 is 1.09 bits per heavy atom. The number of nitriles is 1. The standard InChI is InChI=1S/C30H29BF5N7/c1-27(2)9-3-4-23(27)39-25-17(14-37)15-38-26-21(25)12-20(13-22(26)33)40-29(31,18-5-7-19(32)8-6-18)24-16-43(42-41-24)28(10-11-28)30(34,35)36/h5-8,12-13,15-16,23,40H,3-4,9-11,31H2,1-2H3,(H,38,39). The lowest BCUT2D eigenvalue weighted by atomic mass is 9.69. The van der Waals surface area contributed by atoms with Crippen molar-refractivity contribution in [1.82, 2.24) is 20.0 Å². The average molecular weight is 593 g/mol. The molecule has 2 aromatic carbocycles. The maximum Gasteiger partial charge on any atom is 0.413 e. The van der Waals surface area contributed by atoms with Crippen LogP contribution in [0.5, 0.6) is 0 Å². The number of pyridine rings is 1. The van der Waals surface area contributed by atoms with E-state index in [2.05, 4.69) is 45.8 Å². The van der Waals surface area contributed by atoms with Crippen molar-refractivity contribution < 1.29 is 22.0 Å². The summed E-state index contributed by atoms with van der Waals surface area (Å²) >= 11 is 0. The van der Waals surface area contributed by atoms with Crippen LogP contribution >= 0.6 is 0 Å². The van der Waals surface area contributed by atoms with Crippen molar-refractivity contribution >= 4 is 30.1 Å². The molecule has 2 atom stereocenters. The molecule has 2 N–H and O–H groups in total. The first-order valence-electron chi connectivity index (χ1n) is 14.1. The molecule has 43 heavy (non-hydrogen) atoms. The number of benzene rings is 2. The molecule has 13 heteroatoms. The third-order valence-corrected chi connectivity index (χ3v) is 9.13. The Morgan fingerprint density at radius 2 is 1.81 bits per heavy atom. The molecule has 2 aliphatic rings. The van der Waals surface area contributed by atoms with Gasteiger partial charge >= 0.3 is 6.18 Å². The number of alkyl halides is 3. The molecule has 222 valence electrons. The van der Waals surface area contributed by atoms with E-state index in [9.17, 15) is 22.8 Å². The molecule has 4 aromatic rings. The van der Waals surface area contributed by atoms with Crippen LogP contribution in [0.25, 0.3) is 10.9 Å². The highest BCUT2D eigenvalue weighted by Crippen LogP contribution is 2.55. The van der Waals surface area contributed by atoms with E-state index < -0.39 is 28.8 Å². The van der Waals surface area contributed by atoms with Gasteiger partial charge in [0.25, 0.3) is 0 Å². The largest absolute Gasteiger partial charge is 0.413 e. The van der Waals surface area contributed by atoms with Crippen LogP contribution in [0.15, 0.2) is 48.8 Å². The van der Waals surface area contributed by atoms with E-state index in [0.29, 0.717) is 16.6 Å². The third-order valence-electron chi connectivity index (χ3n) is 9.13. The lowest BCUT2D eigenvalue weighted by Gasteiger charge is -2.32. The molecular weight excluding hydrogens is 564 g/mol. The zero-order valence-corrected chi connectivity index (χ0v) is 23.9. The SMILES string of the molecule is BC(Nc1cc(F)c2ncc(C#N)c(NC3CCCC3(C)C)c2c1)(c1ccc(F)cc1)c1cn(C2(C(F)(F)F)CC2)nn1. The lowest BCUT2D eigenvalue weighted by molar-refractivity contribution is -0.182. The number of hydrogen-bond acceptors (Lipinski definition) is 6. The van der Waals surface area contributed by atoms with Gasteiger partial charge in [-0.1, -0.05) is 37.6 Å². The molecule has 0 amide bonds. The molecule has 2 unspecified atom stereocenters. The maximum absolute atomic E-state index is 15.6. The van der Waals surface area contributed by atoms with Crippen LogP contribution in [0, 0.1) is 28.4 Å². The fourth-order valence-electron chi connectivity index (χ4n) is 6.16. The van der Waals surface area contributed by atoms with E-state index >= 15 is 4.39 Å². The van der Waals surface area contributed by atoms with Gasteiger partial charge in [-0.3, -0.25) is 4.98 Å². The predicted octanol–water partition coefficient (Wildman–Crippen LogP) is 5.96. The van der Waals surface area contributed by atoms with Gasteiger partial charge in [-0.15, -0.1) is 5.10 Å². The summed E-state index contributed by atoms with van der Waals surface area (Å²) in [6.45, 7) is 4.29. The molecule has 0 aliphatic heterocycles. The second kappa shape index (κ2) is 9.93. The highest BCUT2D eigenvalue weighted by molar-refractivity contribution is 6.19. The first kappa shape index (κ1) is 28.9. The van der Waals surface area contributed by atoms with E-state index in [1.54, 1.807) is 13.9 Å². The zero-order chi connectivity index (χ0) is 30.8. The molecule has 0 saturated heterocycles. The van der Waals surface area contributed by atoms with Gasteiger partial charge in [0.05, 0.1) is 22.9 Å². The number of nitrogens with one attached hydrogen (secondary N) is 2. The number of aromatic nitrogens is 4. The first-order valence-corrected chi connectivity index (χ1v) is 14.1. The minimum Gasteiger partial charge on any atom is -0.380 e. The summed E-state index contributed by atoms with van der Waals surface area (Å²) in [5.74, 6) is -1.15. The monoisotopic (exact) mass is 593 g/mol. The average Bonchev–Trinajstić information content (AvgIpc) is 3.50. The summed E-state index contributed by atoms with van der Waals surface area (Å²) < 4.78 is 72.0. The molecule has 6 rings (SSSR count). The molecule has 2 fully saturated rings. The van der Waals surface area contributed by atoms with Gasteiger partial charge in [-0.2, -0.15) is 18.4 Å². The van der Waals surface area contributed by atoms with E-state index in [4.69, 9.17) is 0 Å². The number of fused-ring (bicyclic) bond motifs is 1. The second-order valence-electron chi connectivity index (χ2n) is 12.4. The summed E-state index contributed by atoms with van der Waals surface area (Å²) in [5.41, 5.74) is -1.87. The van der Waals surface area contributed by atoms with Crippen LogP contribution in [0.3, 0.4) is 0 Å². The normalized spacial score (nSPS) is 20.4. The molecule has 2 aliphatic carbocycles. The van der Waals surface area contributed by atoms with Crippen LogP contribution in [0.1, 0.15) is 62.8 Å². The Hall–Kier alpha value is -4.21. The van der Waals surface area contributed by atoms with Crippen LogP contribution in [-0.4, -0.2) is 40.0 Å². The van der Waals surface area contributed by atoms with Crippen molar-refractivity contribution in [3.63, 3.8) is 0 Å². The highest BCUT2D eigenvalue weighted by Gasteiger charge is 2.66. The second-order valence-corrected chi connectivity index (χ2v) is 12.4. The first-order chi connectivity index (χ1) is 20.3. The van der Waals surface area contributed by atoms with Gasteiger partial charge in [-0.25, -0.2) is 13.5 Å². The predicted molar refractivity (Wildman–Crippen MR) is 154 cm³/mol. The molecule has 7 nitrogen and oxygen atoms in total. The van der Waals surface area contributed by atoms with Gasteiger partial charge in [0, 0.05) is 23.3 Å². The minimum atomic E-state index is -4.51. The van der Waals surface area contributed by atoms with E-state index in [1.165, 1.54) is 42.7 Å².